The second-order valence-corrected chi connectivity index (χ2v) is 12.0. The number of nitrogens with one attached hydrogen (secondary N) is 1. The molecule has 0 aliphatic carbocycles. The van der Waals surface area contributed by atoms with Crippen LogP contribution in [0.25, 0.3) is 0 Å². The highest BCUT2D eigenvalue weighted by molar-refractivity contribution is 7.11. The van der Waals surface area contributed by atoms with Gasteiger partial charge in [-0.05, 0) is 19.9 Å². The number of hydrogen-bond acceptors (Lipinski definition) is 10. The smallest absolute Gasteiger partial charge is 0.338 e. The second-order valence-electron chi connectivity index (χ2n) is 10.7. The first-order valence-corrected chi connectivity index (χ1v) is 14.3. The largest absolute Gasteiger partial charge is 0.481 e. The van der Waals surface area contributed by atoms with E-state index < -0.39 is 52.2 Å². The van der Waals surface area contributed by atoms with Crippen LogP contribution in [0.3, 0.4) is 0 Å². The zero-order valence-electron chi connectivity index (χ0n) is 22.9. The molecule has 0 radical (unpaired) electrons. The number of amides is 1. The van der Waals surface area contributed by atoms with Crippen molar-refractivity contribution in [1.29, 1.82) is 0 Å². The Hall–Kier alpha value is -3.46. The summed E-state index contributed by atoms with van der Waals surface area (Å²) in [6.07, 6.45) is 1.05. The van der Waals surface area contributed by atoms with E-state index in [1.54, 1.807) is 25.4 Å². The molecule has 15 heteroatoms. The van der Waals surface area contributed by atoms with Gasteiger partial charge < -0.3 is 24.8 Å². The zero-order valence-corrected chi connectivity index (χ0v) is 24.5. The van der Waals surface area contributed by atoms with Crippen molar-refractivity contribution in [2.24, 2.45) is 10.4 Å². The van der Waals surface area contributed by atoms with E-state index >= 15 is 0 Å². The maximum atomic E-state index is 14.6. The minimum atomic E-state index is -1.28. The van der Waals surface area contributed by atoms with Gasteiger partial charge in [-0.2, -0.15) is 0 Å². The fraction of sp³-hybridized carbons (Fsp3) is 0.444. The molecule has 4 heterocycles. The van der Waals surface area contributed by atoms with Crippen molar-refractivity contribution in [2.45, 2.75) is 32.0 Å². The number of amidine groups is 1. The number of carboxylic acids is 1. The zero-order chi connectivity index (χ0) is 30.3. The molecule has 0 spiro atoms. The number of aliphatic imine (C=N–C) groups is 1. The number of methoxy groups -OCH3 is 1. The molecule has 2 saturated heterocycles. The molecule has 0 saturated carbocycles. The first-order chi connectivity index (χ1) is 19.9. The van der Waals surface area contributed by atoms with Crippen molar-refractivity contribution >= 4 is 46.6 Å². The lowest BCUT2D eigenvalue weighted by Gasteiger charge is -2.37. The summed E-state index contributed by atoms with van der Waals surface area (Å²) in [6.45, 7) is 3.94. The van der Waals surface area contributed by atoms with Gasteiger partial charge in [0.1, 0.15) is 12.1 Å². The molecule has 3 aliphatic heterocycles. The number of hydrogen-bond donors (Lipinski definition) is 2. The molecular formula is C27H28ClF2N5O6S. The molecule has 3 aliphatic rings. The van der Waals surface area contributed by atoms with Crippen LogP contribution in [-0.2, 0) is 23.9 Å². The molecule has 1 aromatic heterocycles. The Morgan fingerprint density at radius 2 is 2.10 bits per heavy atom. The summed E-state index contributed by atoms with van der Waals surface area (Å²) < 4.78 is 39.5. The topological polar surface area (TPSA) is 134 Å². The predicted molar refractivity (Wildman–Crippen MR) is 148 cm³/mol. The third-order valence-corrected chi connectivity index (χ3v) is 8.64. The molecule has 224 valence electrons. The van der Waals surface area contributed by atoms with Gasteiger partial charge in [0.2, 0.25) is 5.91 Å². The normalized spacial score (nSPS) is 23.0. The van der Waals surface area contributed by atoms with Crippen LogP contribution in [0, 0.1) is 17.0 Å². The summed E-state index contributed by atoms with van der Waals surface area (Å²) in [4.78, 5) is 50.8. The van der Waals surface area contributed by atoms with Gasteiger partial charge in [0.05, 0.1) is 35.8 Å². The number of ether oxygens (including phenoxy) is 2. The first-order valence-electron chi connectivity index (χ1n) is 13.0. The Morgan fingerprint density at radius 1 is 1.33 bits per heavy atom. The molecule has 1 amide bonds. The van der Waals surface area contributed by atoms with Gasteiger partial charge in [0.15, 0.2) is 22.5 Å². The van der Waals surface area contributed by atoms with E-state index in [-0.39, 0.29) is 49.1 Å². The van der Waals surface area contributed by atoms with Gasteiger partial charge >= 0.3 is 11.9 Å². The van der Waals surface area contributed by atoms with Crippen LogP contribution in [0.15, 0.2) is 40.0 Å². The number of rotatable bonds is 8. The second kappa shape index (κ2) is 11.7. The molecule has 2 fully saturated rings. The van der Waals surface area contributed by atoms with E-state index in [4.69, 9.17) is 21.1 Å². The van der Waals surface area contributed by atoms with Crippen LogP contribution in [0.1, 0.15) is 30.5 Å². The van der Waals surface area contributed by atoms with Crippen LogP contribution in [0.2, 0.25) is 5.02 Å². The summed E-state index contributed by atoms with van der Waals surface area (Å²) in [5, 5.41) is 14.4. The van der Waals surface area contributed by atoms with Gasteiger partial charge in [0, 0.05) is 49.0 Å². The Bertz CT molecular complexity index is 1480. The average molecular weight is 624 g/mol. The van der Waals surface area contributed by atoms with Crippen LogP contribution in [0.5, 0.6) is 0 Å². The third-order valence-electron chi connectivity index (χ3n) is 7.47. The standard InChI is InChI=1S/C27H28ClF2N5O6S/c1-27(2,26(38)39)12-35-11-16-21(24(35)36)34(7-8-41-16)10-15-17(25(37)40-3)20(13-4-5-14(29)19(30)18(13)28)33-22(32-15)23-31-6-9-42-23/h4-6,9,16,20-21H,7-8,10-12H2,1-3H3,(H,32,33)(H,38,39). The van der Waals surface area contributed by atoms with Crippen molar-refractivity contribution in [1.82, 2.24) is 20.1 Å². The van der Waals surface area contributed by atoms with Crippen molar-refractivity contribution in [3.8, 4) is 0 Å². The Morgan fingerprint density at radius 3 is 2.76 bits per heavy atom. The first kappa shape index (κ1) is 30.0. The van der Waals surface area contributed by atoms with Crippen LogP contribution in [-0.4, -0.2) is 95.6 Å². The maximum absolute atomic E-state index is 14.6. The summed E-state index contributed by atoms with van der Waals surface area (Å²) in [5.74, 6) is -4.26. The monoisotopic (exact) mass is 623 g/mol. The van der Waals surface area contributed by atoms with E-state index in [1.165, 1.54) is 29.4 Å². The minimum Gasteiger partial charge on any atom is -0.481 e. The number of thiazole rings is 1. The van der Waals surface area contributed by atoms with E-state index in [2.05, 4.69) is 15.3 Å². The van der Waals surface area contributed by atoms with Crippen LogP contribution < -0.4 is 5.32 Å². The number of nitrogens with zero attached hydrogens (tertiary/aromatic N) is 4. The van der Waals surface area contributed by atoms with Gasteiger partial charge in [-0.15, -0.1) is 11.3 Å². The fourth-order valence-corrected chi connectivity index (χ4v) is 6.16. The van der Waals surface area contributed by atoms with Gasteiger partial charge in [0.25, 0.3) is 0 Å². The molecule has 42 heavy (non-hydrogen) atoms. The van der Waals surface area contributed by atoms with E-state index in [9.17, 15) is 28.3 Å². The lowest BCUT2D eigenvalue weighted by molar-refractivity contribution is -0.149. The van der Waals surface area contributed by atoms with Crippen molar-refractivity contribution in [3.05, 3.63) is 62.2 Å². The summed E-state index contributed by atoms with van der Waals surface area (Å²) in [6, 6.07) is 0.235. The minimum absolute atomic E-state index is 0.00270. The number of likely N-dealkylation sites (tertiary alicyclic amines) is 1. The number of carboxylic acid groups (broad SMARTS) is 1. The molecular weight excluding hydrogens is 596 g/mol. The number of halogens is 3. The Kier molecular flexibility index (Phi) is 8.34. The predicted octanol–water partition coefficient (Wildman–Crippen LogP) is 2.62. The van der Waals surface area contributed by atoms with Crippen molar-refractivity contribution in [3.63, 3.8) is 0 Å². The summed E-state index contributed by atoms with van der Waals surface area (Å²) in [7, 11) is 1.18. The maximum Gasteiger partial charge on any atom is 0.338 e. The molecule has 11 nitrogen and oxygen atoms in total. The van der Waals surface area contributed by atoms with Gasteiger partial charge in [-0.1, -0.05) is 17.7 Å². The SMILES string of the molecule is COC(=O)C1=C(CN2CCOC3CN(CC(C)(C)C(=O)O)C(=O)C32)NC(c2nccs2)=NC1c1ccc(F)c(F)c1Cl. The van der Waals surface area contributed by atoms with Gasteiger partial charge in [-0.25, -0.2) is 18.6 Å². The molecule has 5 rings (SSSR count). The lowest BCUT2D eigenvalue weighted by atomic mass is 9.93. The molecule has 2 aromatic rings. The van der Waals surface area contributed by atoms with Crippen molar-refractivity contribution in [2.75, 3.05) is 39.9 Å². The van der Waals surface area contributed by atoms with Crippen LogP contribution in [0.4, 0.5) is 8.78 Å². The number of esters is 1. The van der Waals surface area contributed by atoms with Gasteiger partial charge in [-0.3, -0.25) is 19.5 Å². The summed E-state index contributed by atoms with van der Waals surface area (Å²) >= 11 is 7.50. The fourth-order valence-electron chi connectivity index (χ4n) is 5.31. The van der Waals surface area contributed by atoms with Crippen LogP contribution >= 0.6 is 22.9 Å². The lowest BCUT2D eigenvalue weighted by Crippen LogP contribution is -2.54. The van der Waals surface area contributed by atoms with E-state index in [1.807, 2.05) is 4.90 Å². The number of carbonyl (C=O) groups is 3. The number of morpholine rings is 1. The third kappa shape index (κ3) is 5.51. The summed E-state index contributed by atoms with van der Waals surface area (Å²) in [5.41, 5.74) is -0.813. The molecule has 2 N–H and O–H groups in total. The highest BCUT2D eigenvalue weighted by atomic mass is 35.5. The number of aliphatic carboxylic acids is 1. The molecule has 1 aromatic carbocycles. The highest BCUT2D eigenvalue weighted by Crippen LogP contribution is 2.38. The number of carbonyl (C=O) groups excluding carboxylic acids is 2. The number of benzene rings is 1. The highest BCUT2D eigenvalue weighted by Gasteiger charge is 2.49. The number of fused-ring (bicyclic) bond motifs is 1. The average Bonchev–Trinajstić information content (AvgIpc) is 3.60. The van der Waals surface area contributed by atoms with Crippen molar-refractivity contribution < 1.29 is 37.7 Å². The van der Waals surface area contributed by atoms with E-state index in [0.717, 1.165) is 6.07 Å². The number of aromatic nitrogens is 1. The molecule has 3 unspecified atom stereocenters. The molecule has 3 atom stereocenters. The molecule has 0 bridgehead atoms. The Labute approximate surface area is 248 Å². The van der Waals surface area contributed by atoms with E-state index in [0.29, 0.717) is 17.2 Å². The quantitative estimate of drug-likeness (QED) is 0.336. The Balaban J connectivity index is 1.54.